The molecule has 0 aliphatic rings. The molecule has 0 fully saturated rings. The van der Waals surface area contributed by atoms with Crippen molar-refractivity contribution in [3.05, 3.63) is 46.8 Å². The number of aryl methyl sites for hydroxylation is 1. The standard InChI is InChI=1S/C16H17N3OS/c1-9-12(7-11-5-4-6-18-8-11)13-15(10(2)14(9)20)21-16(17-3)19-13/h4-6,8,20H,7H2,1-3H3,(H,17,19). The number of phenols is 1. The predicted molar refractivity (Wildman–Crippen MR) is 87.3 cm³/mol. The Bertz CT molecular complexity index is 796. The number of pyridine rings is 1. The Hall–Kier alpha value is -2.14. The second kappa shape index (κ2) is 5.33. The SMILES string of the molecule is CNc1nc2c(Cc3cccnc3)c(C)c(O)c(C)c2s1. The summed E-state index contributed by atoms with van der Waals surface area (Å²) < 4.78 is 1.04. The normalized spacial score (nSPS) is 11.0. The van der Waals surface area contributed by atoms with Gasteiger partial charge >= 0.3 is 0 Å². The van der Waals surface area contributed by atoms with Crippen LogP contribution in [0.15, 0.2) is 24.5 Å². The molecule has 0 atom stereocenters. The van der Waals surface area contributed by atoms with Crippen LogP contribution < -0.4 is 5.32 Å². The summed E-state index contributed by atoms with van der Waals surface area (Å²) in [6.45, 7) is 3.89. The Morgan fingerprint density at radius 3 is 2.76 bits per heavy atom. The van der Waals surface area contributed by atoms with Crippen LogP contribution in [0.5, 0.6) is 5.75 Å². The highest BCUT2D eigenvalue weighted by Gasteiger charge is 2.18. The van der Waals surface area contributed by atoms with Crippen molar-refractivity contribution >= 4 is 26.7 Å². The zero-order valence-corrected chi connectivity index (χ0v) is 13.1. The van der Waals surface area contributed by atoms with Gasteiger partial charge in [-0.05, 0) is 36.6 Å². The van der Waals surface area contributed by atoms with Crippen molar-refractivity contribution < 1.29 is 5.11 Å². The Balaban J connectivity index is 2.23. The molecule has 2 aromatic heterocycles. The first-order valence-corrected chi connectivity index (χ1v) is 7.61. The van der Waals surface area contributed by atoms with Gasteiger partial charge in [-0.25, -0.2) is 4.98 Å². The third kappa shape index (κ3) is 2.34. The summed E-state index contributed by atoms with van der Waals surface area (Å²) in [7, 11) is 1.86. The maximum atomic E-state index is 10.4. The highest BCUT2D eigenvalue weighted by molar-refractivity contribution is 7.22. The van der Waals surface area contributed by atoms with Gasteiger partial charge in [-0.2, -0.15) is 0 Å². The Labute approximate surface area is 127 Å². The van der Waals surface area contributed by atoms with Crippen LogP contribution in [-0.4, -0.2) is 22.1 Å². The van der Waals surface area contributed by atoms with Gasteiger partial charge in [0.05, 0.1) is 10.2 Å². The van der Waals surface area contributed by atoms with Crippen LogP contribution >= 0.6 is 11.3 Å². The highest BCUT2D eigenvalue weighted by Crippen LogP contribution is 2.39. The highest BCUT2D eigenvalue weighted by atomic mass is 32.1. The summed E-state index contributed by atoms with van der Waals surface area (Å²) in [6, 6.07) is 3.97. The third-order valence-corrected chi connectivity index (χ3v) is 4.93. The molecule has 0 amide bonds. The summed E-state index contributed by atoms with van der Waals surface area (Å²) in [5, 5.41) is 14.3. The van der Waals surface area contributed by atoms with Gasteiger partial charge in [-0.1, -0.05) is 17.4 Å². The topological polar surface area (TPSA) is 58.0 Å². The molecule has 3 aromatic rings. The molecule has 0 aliphatic carbocycles. The second-order valence-electron chi connectivity index (χ2n) is 5.06. The number of nitrogens with zero attached hydrogens (tertiary/aromatic N) is 2. The Morgan fingerprint density at radius 1 is 1.29 bits per heavy atom. The van der Waals surface area contributed by atoms with E-state index in [1.54, 1.807) is 17.5 Å². The van der Waals surface area contributed by atoms with Crippen molar-refractivity contribution in [2.75, 3.05) is 12.4 Å². The molecule has 0 spiro atoms. The van der Waals surface area contributed by atoms with Crippen LogP contribution in [0.1, 0.15) is 22.3 Å². The van der Waals surface area contributed by atoms with Crippen LogP contribution in [-0.2, 0) is 6.42 Å². The maximum absolute atomic E-state index is 10.4. The second-order valence-corrected chi connectivity index (χ2v) is 6.06. The summed E-state index contributed by atoms with van der Waals surface area (Å²) in [6.07, 6.45) is 4.34. The van der Waals surface area contributed by atoms with Gasteiger partial charge in [0.2, 0.25) is 0 Å². The lowest BCUT2D eigenvalue weighted by atomic mass is 9.97. The number of anilines is 1. The van der Waals surface area contributed by atoms with Gasteiger partial charge in [-0.15, -0.1) is 0 Å². The van der Waals surface area contributed by atoms with Crippen LogP contribution in [0.4, 0.5) is 5.13 Å². The number of aromatic hydroxyl groups is 1. The molecule has 0 unspecified atom stereocenters. The number of thiazole rings is 1. The minimum absolute atomic E-state index is 0.368. The van der Waals surface area contributed by atoms with E-state index in [1.807, 2.05) is 39.2 Å². The lowest BCUT2D eigenvalue weighted by Crippen LogP contribution is -1.97. The molecule has 0 saturated heterocycles. The predicted octanol–water partition coefficient (Wildman–Crippen LogP) is 3.65. The molecular weight excluding hydrogens is 282 g/mol. The van der Waals surface area contributed by atoms with Crippen LogP contribution in [0.2, 0.25) is 0 Å². The molecule has 2 heterocycles. The van der Waals surface area contributed by atoms with Crippen molar-refractivity contribution in [3.8, 4) is 5.75 Å². The van der Waals surface area contributed by atoms with Crippen molar-refractivity contribution in [2.45, 2.75) is 20.3 Å². The van der Waals surface area contributed by atoms with Gasteiger partial charge in [0, 0.05) is 31.4 Å². The van der Waals surface area contributed by atoms with E-state index in [-0.39, 0.29) is 0 Å². The van der Waals surface area contributed by atoms with Gasteiger partial charge in [0.1, 0.15) is 5.75 Å². The molecule has 2 N–H and O–H groups in total. The number of rotatable bonds is 3. The first kappa shape index (κ1) is 13.8. The third-order valence-electron chi connectivity index (χ3n) is 3.73. The largest absolute Gasteiger partial charge is 0.507 e. The minimum Gasteiger partial charge on any atom is -0.507 e. The van der Waals surface area contributed by atoms with Crippen LogP contribution in [0.3, 0.4) is 0 Å². The van der Waals surface area contributed by atoms with E-state index in [1.165, 1.54) is 0 Å². The summed E-state index contributed by atoms with van der Waals surface area (Å²) in [4.78, 5) is 8.83. The lowest BCUT2D eigenvalue weighted by molar-refractivity contribution is 0.467. The average Bonchev–Trinajstić information content (AvgIpc) is 2.95. The molecule has 1 aromatic carbocycles. The van der Waals surface area contributed by atoms with E-state index < -0.39 is 0 Å². The zero-order chi connectivity index (χ0) is 15.0. The number of benzene rings is 1. The van der Waals surface area contributed by atoms with Gasteiger partial charge < -0.3 is 10.4 Å². The van der Waals surface area contributed by atoms with Gasteiger partial charge in [-0.3, -0.25) is 4.98 Å². The van der Waals surface area contributed by atoms with Gasteiger partial charge in [0.25, 0.3) is 0 Å². The molecule has 0 bridgehead atoms. The van der Waals surface area contributed by atoms with E-state index in [9.17, 15) is 5.11 Å². The zero-order valence-electron chi connectivity index (χ0n) is 12.3. The molecule has 0 aliphatic heterocycles. The summed E-state index contributed by atoms with van der Waals surface area (Å²) >= 11 is 1.57. The number of fused-ring (bicyclic) bond motifs is 1. The smallest absolute Gasteiger partial charge is 0.183 e. The number of phenolic OH excluding ortho intramolecular Hbond substituents is 1. The van der Waals surface area contributed by atoms with E-state index in [0.29, 0.717) is 5.75 Å². The number of hydrogen-bond donors (Lipinski definition) is 2. The Kier molecular flexibility index (Phi) is 3.51. The van der Waals surface area contributed by atoms with E-state index in [4.69, 9.17) is 0 Å². The minimum atomic E-state index is 0.368. The first-order chi connectivity index (χ1) is 10.1. The molecular formula is C16H17N3OS. The van der Waals surface area contributed by atoms with Crippen molar-refractivity contribution in [1.82, 2.24) is 9.97 Å². The van der Waals surface area contributed by atoms with Crippen molar-refractivity contribution in [2.24, 2.45) is 0 Å². The van der Waals surface area contributed by atoms with E-state index >= 15 is 0 Å². The maximum Gasteiger partial charge on any atom is 0.183 e. The molecule has 108 valence electrons. The van der Waals surface area contributed by atoms with Crippen LogP contribution in [0, 0.1) is 13.8 Å². The number of aromatic nitrogens is 2. The van der Waals surface area contributed by atoms with Crippen molar-refractivity contribution in [3.63, 3.8) is 0 Å². The fourth-order valence-corrected chi connectivity index (χ4v) is 3.47. The molecule has 5 heteroatoms. The first-order valence-electron chi connectivity index (χ1n) is 6.80. The van der Waals surface area contributed by atoms with Crippen molar-refractivity contribution in [1.29, 1.82) is 0 Å². The van der Waals surface area contributed by atoms with E-state index in [2.05, 4.69) is 15.3 Å². The molecule has 0 saturated carbocycles. The van der Waals surface area contributed by atoms with Gasteiger partial charge in [0.15, 0.2) is 5.13 Å². The summed E-state index contributed by atoms with van der Waals surface area (Å²) in [5.74, 6) is 0.368. The van der Waals surface area contributed by atoms with E-state index in [0.717, 1.165) is 44.0 Å². The molecule has 0 radical (unpaired) electrons. The summed E-state index contributed by atoms with van der Waals surface area (Å²) in [5.41, 5.74) is 4.96. The monoisotopic (exact) mass is 299 g/mol. The molecule has 3 rings (SSSR count). The number of hydrogen-bond acceptors (Lipinski definition) is 5. The van der Waals surface area contributed by atoms with Crippen LogP contribution in [0.25, 0.3) is 10.2 Å². The molecule has 21 heavy (non-hydrogen) atoms. The quantitative estimate of drug-likeness (QED) is 0.775. The Morgan fingerprint density at radius 2 is 2.10 bits per heavy atom. The fourth-order valence-electron chi connectivity index (χ4n) is 2.52. The molecule has 4 nitrogen and oxygen atoms in total. The fraction of sp³-hybridized carbons (Fsp3) is 0.250. The number of nitrogens with one attached hydrogen (secondary N) is 1. The lowest BCUT2D eigenvalue weighted by Gasteiger charge is -2.11. The average molecular weight is 299 g/mol.